The quantitative estimate of drug-likeness (QED) is 0.665. The molecule has 2 aromatic rings. The van der Waals surface area contributed by atoms with Crippen LogP contribution >= 0.6 is 15.9 Å². The van der Waals surface area contributed by atoms with E-state index in [-0.39, 0.29) is 5.57 Å². The van der Waals surface area contributed by atoms with Gasteiger partial charge >= 0.3 is 0 Å². The van der Waals surface area contributed by atoms with E-state index in [0.29, 0.717) is 17.0 Å². The number of amides is 2. The van der Waals surface area contributed by atoms with Crippen molar-refractivity contribution in [3.8, 4) is 5.75 Å². The molecule has 3 rings (SSSR count). The number of para-hydroxylation sites is 1. The average Bonchev–Trinajstić information content (AvgIpc) is 2.84. The van der Waals surface area contributed by atoms with Crippen LogP contribution in [-0.2, 0) is 9.59 Å². The first-order chi connectivity index (χ1) is 11.1. The Labute approximate surface area is 141 Å². The highest BCUT2D eigenvalue weighted by molar-refractivity contribution is 9.10. The highest BCUT2D eigenvalue weighted by Crippen LogP contribution is 2.25. The third-order valence-electron chi connectivity index (χ3n) is 3.42. The number of halogens is 1. The second-order valence-corrected chi connectivity index (χ2v) is 5.77. The van der Waals surface area contributed by atoms with Crippen molar-refractivity contribution < 1.29 is 14.3 Å². The van der Waals surface area contributed by atoms with Crippen molar-refractivity contribution in [3.05, 3.63) is 64.1 Å². The summed E-state index contributed by atoms with van der Waals surface area (Å²) in [4.78, 5) is 24.7. The smallest absolute Gasteiger partial charge is 0.282 e. The maximum Gasteiger partial charge on any atom is 0.282 e. The number of carbonyl (C=O) groups excluding carboxylic acids is 2. The number of nitrogens with one attached hydrogen (secondary N) is 1. The van der Waals surface area contributed by atoms with Gasteiger partial charge in [-0.15, -0.1) is 0 Å². The number of rotatable bonds is 3. The lowest BCUT2D eigenvalue weighted by Gasteiger charge is -2.14. The Bertz CT molecular complexity index is 800. The van der Waals surface area contributed by atoms with Crippen molar-refractivity contribution in [1.82, 2.24) is 5.43 Å². The van der Waals surface area contributed by atoms with Crippen LogP contribution in [0.25, 0.3) is 6.08 Å². The first-order valence-corrected chi connectivity index (χ1v) is 7.65. The van der Waals surface area contributed by atoms with Gasteiger partial charge in [0, 0.05) is 10.0 Å². The van der Waals surface area contributed by atoms with Gasteiger partial charge in [-0.3, -0.25) is 15.0 Å². The molecule has 0 bridgehead atoms. The number of hydrogen-bond donors (Lipinski definition) is 1. The van der Waals surface area contributed by atoms with E-state index in [4.69, 9.17) is 4.74 Å². The molecule has 0 radical (unpaired) electrons. The zero-order valence-corrected chi connectivity index (χ0v) is 13.8. The lowest BCUT2D eigenvalue weighted by Crippen LogP contribution is -2.35. The molecule has 2 aromatic carbocycles. The van der Waals surface area contributed by atoms with Crippen molar-refractivity contribution in [3.63, 3.8) is 0 Å². The summed E-state index contributed by atoms with van der Waals surface area (Å²) in [5.41, 5.74) is 3.90. The molecule has 23 heavy (non-hydrogen) atoms. The van der Waals surface area contributed by atoms with Crippen molar-refractivity contribution in [2.75, 3.05) is 12.1 Å². The summed E-state index contributed by atoms with van der Waals surface area (Å²) in [7, 11) is 1.54. The van der Waals surface area contributed by atoms with Crippen LogP contribution in [-0.4, -0.2) is 18.9 Å². The first-order valence-electron chi connectivity index (χ1n) is 6.86. The van der Waals surface area contributed by atoms with Crippen LogP contribution in [0.15, 0.2) is 58.6 Å². The molecule has 0 saturated carbocycles. The number of carbonyl (C=O) groups is 2. The van der Waals surface area contributed by atoms with Crippen molar-refractivity contribution >= 4 is 39.5 Å². The summed E-state index contributed by atoms with van der Waals surface area (Å²) < 4.78 is 6.14. The minimum absolute atomic E-state index is 0.0671. The normalized spacial score (nSPS) is 15.9. The van der Waals surface area contributed by atoms with Gasteiger partial charge in [-0.2, -0.15) is 0 Å². The third-order valence-corrected chi connectivity index (χ3v) is 3.94. The standard InChI is InChI=1S/C17H13BrN2O3/c1-23-15-5-3-2-4-11(15)10-14-16(21)19-20(17(14)22)13-8-6-12(18)7-9-13/h2-10H,1H3,(H,19,21). The molecule has 0 aliphatic carbocycles. The fourth-order valence-corrected chi connectivity index (χ4v) is 2.53. The number of benzene rings is 2. The van der Waals surface area contributed by atoms with Gasteiger partial charge in [-0.05, 0) is 36.4 Å². The van der Waals surface area contributed by atoms with Crippen LogP contribution < -0.4 is 15.2 Å². The minimum atomic E-state index is -0.441. The fourth-order valence-electron chi connectivity index (χ4n) is 2.27. The molecule has 116 valence electrons. The maximum absolute atomic E-state index is 12.5. The number of nitrogens with zero attached hydrogens (tertiary/aromatic N) is 1. The van der Waals surface area contributed by atoms with Gasteiger partial charge in [0.05, 0.1) is 12.8 Å². The Morgan fingerprint density at radius 3 is 2.48 bits per heavy atom. The number of hydrazine groups is 1. The monoisotopic (exact) mass is 372 g/mol. The van der Waals surface area contributed by atoms with Gasteiger partial charge in [-0.1, -0.05) is 34.1 Å². The highest BCUT2D eigenvalue weighted by Gasteiger charge is 2.34. The molecular weight excluding hydrogens is 360 g/mol. The van der Waals surface area contributed by atoms with Gasteiger partial charge in [-0.25, -0.2) is 5.01 Å². The molecule has 1 saturated heterocycles. The first kappa shape index (κ1) is 15.3. The summed E-state index contributed by atoms with van der Waals surface area (Å²) in [6, 6.07) is 14.3. The van der Waals surface area contributed by atoms with Crippen molar-refractivity contribution in [1.29, 1.82) is 0 Å². The molecule has 1 heterocycles. The molecule has 1 N–H and O–H groups in total. The molecule has 2 amide bonds. The molecule has 5 nitrogen and oxygen atoms in total. The predicted octanol–water partition coefficient (Wildman–Crippen LogP) is 2.92. The largest absolute Gasteiger partial charge is 0.496 e. The summed E-state index contributed by atoms with van der Waals surface area (Å²) >= 11 is 3.34. The van der Waals surface area contributed by atoms with Gasteiger partial charge in [0.2, 0.25) is 0 Å². The molecular formula is C17H13BrN2O3. The SMILES string of the molecule is COc1ccccc1C=C1C(=O)NN(c2ccc(Br)cc2)C1=O. The van der Waals surface area contributed by atoms with E-state index >= 15 is 0 Å². The summed E-state index contributed by atoms with van der Waals surface area (Å²) in [6.45, 7) is 0. The van der Waals surface area contributed by atoms with Crippen LogP contribution in [0.5, 0.6) is 5.75 Å². The second kappa shape index (κ2) is 6.26. The van der Waals surface area contributed by atoms with Gasteiger partial charge in [0.15, 0.2) is 0 Å². The number of anilines is 1. The van der Waals surface area contributed by atoms with Crippen molar-refractivity contribution in [2.24, 2.45) is 0 Å². The minimum Gasteiger partial charge on any atom is -0.496 e. The van der Waals surface area contributed by atoms with Crippen molar-refractivity contribution in [2.45, 2.75) is 0 Å². The van der Waals surface area contributed by atoms with E-state index in [9.17, 15) is 9.59 Å². The Hall–Kier alpha value is -2.60. The Balaban J connectivity index is 1.95. The second-order valence-electron chi connectivity index (χ2n) is 4.86. The lowest BCUT2D eigenvalue weighted by molar-refractivity contribution is -0.117. The molecule has 0 aromatic heterocycles. The molecule has 0 unspecified atom stereocenters. The summed E-state index contributed by atoms with van der Waals surface area (Å²) in [6.07, 6.45) is 1.54. The molecule has 6 heteroatoms. The van der Waals surface area contributed by atoms with E-state index in [1.54, 1.807) is 43.5 Å². The Morgan fingerprint density at radius 2 is 1.78 bits per heavy atom. The Kier molecular flexibility index (Phi) is 4.16. The molecule has 1 aliphatic rings. The van der Waals surface area contributed by atoms with Gasteiger partial charge in [0.25, 0.3) is 11.8 Å². The van der Waals surface area contributed by atoms with Gasteiger partial charge < -0.3 is 4.74 Å². The van der Waals surface area contributed by atoms with E-state index < -0.39 is 11.8 Å². The van der Waals surface area contributed by atoms with Crippen LogP contribution in [0.2, 0.25) is 0 Å². The van der Waals surface area contributed by atoms with Crippen LogP contribution in [0.1, 0.15) is 5.56 Å². The highest BCUT2D eigenvalue weighted by atomic mass is 79.9. The third kappa shape index (κ3) is 2.98. The van der Waals surface area contributed by atoms with E-state index in [2.05, 4.69) is 21.4 Å². The zero-order valence-electron chi connectivity index (χ0n) is 12.2. The van der Waals surface area contributed by atoms with Crippen LogP contribution in [0, 0.1) is 0 Å². The lowest BCUT2D eigenvalue weighted by atomic mass is 10.1. The van der Waals surface area contributed by atoms with Crippen LogP contribution in [0.4, 0.5) is 5.69 Å². The molecule has 1 aliphatic heterocycles. The van der Waals surface area contributed by atoms with E-state index in [1.807, 2.05) is 12.1 Å². The number of ether oxygens (including phenoxy) is 1. The molecule has 0 atom stereocenters. The van der Waals surface area contributed by atoms with E-state index in [0.717, 1.165) is 4.47 Å². The average molecular weight is 373 g/mol. The number of hydrogen-bond acceptors (Lipinski definition) is 3. The summed E-state index contributed by atoms with van der Waals surface area (Å²) in [5, 5.41) is 1.23. The molecule has 0 spiro atoms. The van der Waals surface area contributed by atoms with Gasteiger partial charge in [0.1, 0.15) is 11.3 Å². The fraction of sp³-hybridized carbons (Fsp3) is 0.0588. The zero-order chi connectivity index (χ0) is 16.4. The maximum atomic E-state index is 12.5. The van der Waals surface area contributed by atoms with Crippen LogP contribution in [0.3, 0.4) is 0 Å². The predicted molar refractivity (Wildman–Crippen MR) is 90.7 cm³/mol. The van der Waals surface area contributed by atoms with E-state index in [1.165, 1.54) is 11.1 Å². The number of methoxy groups -OCH3 is 1. The summed E-state index contributed by atoms with van der Waals surface area (Å²) in [5.74, 6) is -0.241. The molecule has 1 fully saturated rings. The topological polar surface area (TPSA) is 58.6 Å². The Morgan fingerprint density at radius 1 is 1.09 bits per heavy atom.